The number of fused-ring (bicyclic) bond motifs is 1. The minimum atomic E-state index is -0.816. The average Bonchev–Trinajstić information content (AvgIpc) is 3.38. The normalized spacial score (nSPS) is 17.5. The SMILES string of the molecule is COc1cccc2[nH]c(C(=O)N[C@@H](CC(C)C)C(=O)NC(C#N)CC3CCNC3=O)cc12. The summed E-state index contributed by atoms with van der Waals surface area (Å²) in [6, 6.07) is 7.59. The second-order valence-electron chi connectivity index (χ2n) is 8.46. The molecule has 2 aromatic rings. The van der Waals surface area contributed by atoms with Crippen molar-refractivity contribution < 1.29 is 19.1 Å². The lowest BCUT2D eigenvalue weighted by atomic mass is 9.98. The molecule has 3 atom stereocenters. The molecule has 0 radical (unpaired) electrons. The van der Waals surface area contributed by atoms with Crippen LogP contribution in [-0.2, 0) is 9.59 Å². The molecule has 3 amide bonds. The number of amides is 3. The van der Waals surface area contributed by atoms with Gasteiger partial charge in [0.1, 0.15) is 23.5 Å². The van der Waals surface area contributed by atoms with E-state index in [4.69, 9.17) is 4.74 Å². The third-order valence-corrected chi connectivity index (χ3v) is 5.57. The van der Waals surface area contributed by atoms with Gasteiger partial charge >= 0.3 is 0 Å². The van der Waals surface area contributed by atoms with Gasteiger partial charge in [-0.2, -0.15) is 5.26 Å². The minimum Gasteiger partial charge on any atom is -0.496 e. The van der Waals surface area contributed by atoms with E-state index in [1.807, 2.05) is 26.0 Å². The number of aromatic nitrogens is 1. The molecule has 9 nitrogen and oxygen atoms in total. The number of hydrogen-bond donors (Lipinski definition) is 4. The monoisotopic (exact) mass is 439 g/mol. The molecule has 32 heavy (non-hydrogen) atoms. The van der Waals surface area contributed by atoms with Crippen molar-refractivity contribution >= 4 is 28.6 Å². The Labute approximate surface area is 186 Å². The van der Waals surface area contributed by atoms with Crippen LogP contribution < -0.4 is 20.7 Å². The van der Waals surface area contributed by atoms with E-state index in [0.29, 0.717) is 30.8 Å². The Morgan fingerprint density at radius 2 is 2.09 bits per heavy atom. The molecular weight excluding hydrogens is 410 g/mol. The van der Waals surface area contributed by atoms with Crippen molar-refractivity contribution in [2.24, 2.45) is 11.8 Å². The topological polar surface area (TPSA) is 136 Å². The molecule has 2 unspecified atom stereocenters. The van der Waals surface area contributed by atoms with E-state index < -0.39 is 23.9 Å². The average molecular weight is 440 g/mol. The molecule has 2 heterocycles. The number of methoxy groups -OCH3 is 1. The molecule has 9 heteroatoms. The molecule has 0 saturated carbocycles. The summed E-state index contributed by atoms with van der Waals surface area (Å²) in [6.45, 7) is 4.48. The molecule has 4 N–H and O–H groups in total. The molecule has 1 fully saturated rings. The predicted octanol–water partition coefficient (Wildman–Crippen LogP) is 1.86. The molecule has 1 saturated heterocycles. The van der Waals surface area contributed by atoms with Crippen molar-refractivity contribution in [1.29, 1.82) is 5.26 Å². The number of carbonyl (C=O) groups is 3. The van der Waals surface area contributed by atoms with Gasteiger partial charge in [0.05, 0.1) is 13.2 Å². The number of rotatable bonds is 9. The maximum absolute atomic E-state index is 12.9. The third kappa shape index (κ3) is 5.38. The van der Waals surface area contributed by atoms with Crippen molar-refractivity contribution in [3.05, 3.63) is 30.0 Å². The van der Waals surface area contributed by atoms with Crippen LogP contribution in [0.1, 0.15) is 43.6 Å². The summed E-state index contributed by atoms with van der Waals surface area (Å²) in [5, 5.41) is 18.5. The fraction of sp³-hybridized carbons (Fsp3) is 0.478. The number of ether oxygens (including phenoxy) is 1. The zero-order valence-electron chi connectivity index (χ0n) is 18.5. The van der Waals surface area contributed by atoms with Crippen LogP contribution in [0.15, 0.2) is 24.3 Å². The lowest BCUT2D eigenvalue weighted by Crippen LogP contribution is -2.50. The van der Waals surface area contributed by atoms with Gasteiger partial charge in [-0.3, -0.25) is 14.4 Å². The third-order valence-electron chi connectivity index (χ3n) is 5.57. The Balaban J connectivity index is 1.71. The van der Waals surface area contributed by atoms with E-state index in [1.165, 1.54) is 0 Å². The second kappa shape index (κ2) is 10.2. The van der Waals surface area contributed by atoms with Crippen LogP contribution in [0.5, 0.6) is 5.75 Å². The van der Waals surface area contributed by atoms with Gasteiger partial charge in [-0.25, -0.2) is 0 Å². The molecular formula is C23H29N5O4. The highest BCUT2D eigenvalue weighted by molar-refractivity contribution is 6.01. The quantitative estimate of drug-likeness (QED) is 0.473. The fourth-order valence-corrected chi connectivity index (χ4v) is 3.94. The number of nitrogens with one attached hydrogen (secondary N) is 4. The van der Waals surface area contributed by atoms with Crippen LogP contribution >= 0.6 is 0 Å². The van der Waals surface area contributed by atoms with Crippen LogP contribution in [0, 0.1) is 23.2 Å². The molecule has 3 rings (SSSR count). The zero-order valence-corrected chi connectivity index (χ0v) is 18.5. The Bertz CT molecular complexity index is 1040. The molecule has 1 aromatic heterocycles. The highest BCUT2D eigenvalue weighted by Crippen LogP contribution is 2.26. The van der Waals surface area contributed by atoms with Gasteiger partial charge < -0.3 is 25.7 Å². The van der Waals surface area contributed by atoms with Crippen LogP contribution in [0.3, 0.4) is 0 Å². The fourth-order valence-electron chi connectivity index (χ4n) is 3.94. The lowest BCUT2D eigenvalue weighted by Gasteiger charge is -2.22. The maximum atomic E-state index is 12.9. The van der Waals surface area contributed by atoms with Gasteiger partial charge in [0.15, 0.2) is 0 Å². The predicted molar refractivity (Wildman–Crippen MR) is 119 cm³/mol. The summed E-state index contributed by atoms with van der Waals surface area (Å²) in [4.78, 5) is 40.7. The molecule has 0 bridgehead atoms. The summed E-state index contributed by atoms with van der Waals surface area (Å²) < 4.78 is 5.34. The van der Waals surface area contributed by atoms with E-state index in [1.54, 1.807) is 19.2 Å². The van der Waals surface area contributed by atoms with Gasteiger partial charge in [-0.05, 0) is 43.4 Å². The Morgan fingerprint density at radius 3 is 2.72 bits per heavy atom. The van der Waals surface area contributed by atoms with E-state index in [0.717, 1.165) is 10.9 Å². The number of benzene rings is 1. The van der Waals surface area contributed by atoms with Crippen molar-refractivity contribution in [2.75, 3.05) is 13.7 Å². The van der Waals surface area contributed by atoms with Crippen LogP contribution in [0.4, 0.5) is 0 Å². The van der Waals surface area contributed by atoms with Gasteiger partial charge in [-0.15, -0.1) is 0 Å². The van der Waals surface area contributed by atoms with Crippen molar-refractivity contribution in [3.63, 3.8) is 0 Å². The summed E-state index contributed by atoms with van der Waals surface area (Å²) in [6.07, 6.45) is 1.30. The molecule has 170 valence electrons. The van der Waals surface area contributed by atoms with Crippen LogP contribution in [0.25, 0.3) is 10.9 Å². The highest BCUT2D eigenvalue weighted by atomic mass is 16.5. The van der Waals surface area contributed by atoms with E-state index in [-0.39, 0.29) is 24.2 Å². The maximum Gasteiger partial charge on any atom is 0.268 e. The van der Waals surface area contributed by atoms with Gasteiger partial charge in [0, 0.05) is 23.4 Å². The summed E-state index contributed by atoms with van der Waals surface area (Å²) in [5.74, 6) is -0.476. The number of nitrogens with zero attached hydrogens (tertiary/aromatic N) is 1. The molecule has 0 aliphatic carbocycles. The van der Waals surface area contributed by atoms with E-state index in [9.17, 15) is 19.6 Å². The van der Waals surface area contributed by atoms with Crippen LogP contribution in [0.2, 0.25) is 0 Å². The Kier molecular flexibility index (Phi) is 7.36. The summed E-state index contributed by atoms with van der Waals surface area (Å²) in [7, 11) is 1.56. The van der Waals surface area contributed by atoms with Crippen molar-refractivity contribution in [2.45, 2.75) is 45.2 Å². The molecule has 0 spiro atoms. The van der Waals surface area contributed by atoms with E-state index >= 15 is 0 Å². The number of hydrogen-bond acceptors (Lipinski definition) is 5. The van der Waals surface area contributed by atoms with Crippen molar-refractivity contribution in [3.8, 4) is 11.8 Å². The van der Waals surface area contributed by atoms with Gasteiger partial charge in [-0.1, -0.05) is 19.9 Å². The Hall–Kier alpha value is -3.54. The lowest BCUT2D eigenvalue weighted by molar-refractivity contribution is -0.125. The molecule has 1 aliphatic heterocycles. The van der Waals surface area contributed by atoms with Crippen molar-refractivity contribution in [1.82, 2.24) is 20.9 Å². The molecule has 1 aromatic carbocycles. The van der Waals surface area contributed by atoms with Gasteiger partial charge in [0.2, 0.25) is 11.8 Å². The Morgan fingerprint density at radius 1 is 1.31 bits per heavy atom. The minimum absolute atomic E-state index is 0.0965. The molecule has 1 aliphatic rings. The number of carbonyl (C=O) groups excluding carboxylic acids is 3. The van der Waals surface area contributed by atoms with Gasteiger partial charge in [0.25, 0.3) is 5.91 Å². The number of nitriles is 1. The zero-order chi connectivity index (χ0) is 23.3. The first-order valence-electron chi connectivity index (χ1n) is 10.8. The largest absolute Gasteiger partial charge is 0.496 e. The highest BCUT2D eigenvalue weighted by Gasteiger charge is 2.30. The number of H-pyrrole nitrogens is 1. The smallest absolute Gasteiger partial charge is 0.268 e. The number of aromatic amines is 1. The summed E-state index contributed by atoms with van der Waals surface area (Å²) >= 11 is 0. The summed E-state index contributed by atoms with van der Waals surface area (Å²) in [5.41, 5.74) is 1.06. The first-order chi connectivity index (χ1) is 15.3. The first kappa shape index (κ1) is 23.1. The second-order valence-corrected chi connectivity index (χ2v) is 8.46. The standard InChI is InChI=1S/C23H29N5O4/c1-13(2)9-18(22(30)26-15(12-24)10-14-7-8-25-21(14)29)28-23(31)19-11-16-17(27-19)5-4-6-20(16)32-3/h4-6,11,13-15,18,27H,7-10H2,1-3H3,(H,25,29)(H,26,30)(H,28,31)/t14?,15?,18-/m0/s1. The van der Waals surface area contributed by atoms with Crippen LogP contribution in [-0.4, -0.2) is 48.4 Å². The van der Waals surface area contributed by atoms with E-state index in [2.05, 4.69) is 27.0 Å². The first-order valence-corrected chi connectivity index (χ1v) is 10.8.